The van der Waals surface area contributed by atoms with E-state index in [1.54, 1.807) is 0 Å². The maximum atomic E-state index is 12.4. The lowest BCUT2D eigenvalue weighted by molar-refractivity contribution is -0.131. The van der Waals surface area contributed by atoms with Crippen molar-refractivity contribution >= 4 is 5.91 Å². The second-order valence-electron chi connectivity index (χ2n) is 6.71. The Bertz CT molecular complexity index is 278. The van der Waals surface area contributed by atoms with Crippen molar-refractivity contribution < 1.29 is 4.79 Å². The van der Waals surface area contributed by atoms with E-state index in [9.17, 15) is 4.79 Å². The van der Waals surface area contributed by atoms with E-state index in [4.69, 9.17) is 0 Å². The molecule has 0 aromatic carbocycles. The summed E-state index contributed by atoms with van der Waals surface area (Å²) in [5.74, 6) is 2.45. The third kappa shape index (κ3) is 3.25. The molecule has 3 heteroatoms. The molecule has 18 heavy (non-hydrogen) atoms. The quantitative estimate of drug-likeness (QED) is 0.818. The van der Waals surface area contributed by atoms with Crippen LogP contribution in [-0.4, -0.2) is 29.6 Å². The largest absolute Gasteiger partial charge is 0.326 e. The van der Waals surface area contributed by atoms with E-state index in [-0.39, 0.29) is 18.1 Å². The normalized spacial score (nSPS) is 25.3. The number of hydrogen-bond acceptors (Lipinski definition) is 2. The van der Waals surface area contributed by atoms with Crippen molar-refractivity contribution in [3.63, 3.8) is 0 Å². The fourth-order valence-corrected chi connectivity index (χ4v) is 2.93. The second-order valence-corrected chi connectivity index (χ2v) is 6.71. The van der Waals surface area contributed by atoms with Gasteiger partial charge in [-0.15, -0.1) is 0 Å². The zero-order valence-electron chi connectivity index (χ0n) is 13.0. The van der Waals surface area contributed by atoms with Gasteiger partial charge in [-0.25, -0.2) is 0 Å². The first-order valence-electron chi connectivity index (χ1n) is 7.32. The lowest BCUT2D eigenvalue weighted by atomic mass is 9.85. The lowest BCUT2D eigenvalue weighted by Gasteiger charge is -2.31. The Balaban J connectivity index is 2.74. The summed E-state index contributed by atoms with van der Waals surface area (Å²) < 4.78 is 0. The van der Waals surface area contributed by atoms with Gasteiger partial charge in [-0.3, -0.25) is 10.1 Å². The van der Waals surface area contributed by atoms with Gasteiger partial charge in [-0.05, 0) is 30.6 Å². The van der Waals surface area contributed by atoms with Gasteiger partial charge in [-0.2, -0.15) is 0 Å². The number of carbonyl (C=O) groups excluding carboxylic acids is 1. The Morgan fingerprint density at radius 3 is 1.94 bits per heavy atom. The van der Waals surface area contributed by atoms with E-state index >= 15 is 0 Å². The number of rotatable bonds is 5. The van der Waals surface area contributed by atoms with Gasteiger partial charge >= 0.3 is 0 Å². The molecule has 106 valence electrons. The molecule has 1 rings (SSSR count). The molecule has 0 bridgehead atoms. The van der Waals surface area contributed by atoms with Crippen molar-refractivity contribution in [3.05, 3.63) is 0 Å². The summed E-state index contributed by atoms with van der Waals surface area (Å²) in [7, 11) is 0. The third-order valence-electron chi connectivity index (χ3n) is 4.22. The minimum atomic E-state index is -0.0000236. The molecule has 1 aliphatic heterocycles. The smallest absolute Gasteiger partial charge is 0.241 e. The molecular weight excluding hydrogens is 224 g/mol. The lowest BCUT2D eigenvalue weighted by Crippen LogP contribution is -2.41. The highest BCUT2D eigenvalue weighted by Gasteiger charge is 2.39. The van der Waals surface area contributed by atoms with Crippen LogP contribution in [0.25, 0.3) is 0 Å². The minimum absolute atomic E-state index is 0.0000236. The van der Waals surface area contributed by atoms with E-state index in [1.807, 2.05) is 4.90 Å². The fourth-order valence-electron chi connectivity index (χ4n) is 2.93. The first-order valence-corrected chi connectivity index (χ1v) is 7.32. The fraction of sp³-hybridized carbons (Fsp3) is 0.933. The highest BCUT2D eigenvalue weighted by atomic mass is 16.2. The second kappa shape index (κ2) is 6.05. The van der Waals surface area contributed by atoms with E-state index in [0.717, 1.165) is 6.54 Å². The van der Waals surface area contributed by atoms with Crippen molar-refractivity contribution in [1.29, 1.82) is 0 Å². The minimum Gasteiger partial charge on any atom is -0.326 e. The van der Waals surface area contributed by atoms with Crippen molar-refractivity contribution in [2.45, 2.75) is 60.7 Å². The predicted octanol–water partition coefficient (Wildman–Crippen LogP) is 2.72. The number of carbonyl (C=O) groups is 1. The van der Waals surface area contributed by atoms with Gasteiger partial charge in [0.1, 0.15) is 0 Å². The van der Waals surface area contributed by atoms with Crippen LogP contribution in [0.2, 0.25) is 0 Å². The first kappa shape index (κ1) is 15.5. The molecule has 1 aliphatic rings. The summed E-state index contributed by atoms with van der Waals surface area (Å²) in [5, 5.41) is 3.41. The van der Waals surface area contributed by atoms with E-state index in [0.29, 0.717) is 23.7 Å². The van der Waals surface area contributed by atoms with Crippen LogP contribution < -0.4 is 5.32 Å². The molecule has 0 radical (unpaired) electrons. The molecule has 1 saturated heterocycles. The predicted molar refractivity (Wildman–Crippen MR) is 76.1 cm³/mol. The van der Waals surface area contributed by atoms with Gasteiger partial charge in [0.25, 0.3) is 0 Å². The van der Waals surface area contributed by atoms with E-state index in [1.165, 1.54) is 0 Å². The van der Waals surface area contributed by atoms with Crippen LogP contribution in [0.5, 0.6) is 0 Å². The molecule has 1 N–H and O–H groups in total. The van der Waals surface area contributed by atoms with Crippen molar-refractivity contribution in [1.82, 2.24) is 10.2 Å². The zero-order valence-corrected chi connectivity index (χ0v) is 13.0. The monoisotopic (exact) mass is 254 g/mol. The molecule has 0 aromatic heterocycles. The van der Waals surface area contributed by atoms with E-state index in [2.05, 4.69) is 53.8 Å². The Labute approximate surface area is 112 Å². The molecule has 0 spiro atoms. The van der Waals surface area contributed by atoms with Crippen molar-refractivity contribution in [2.24, 2.45) is 23.7 Å². The van der Waals surface area contributed by atoms with Gasteiger partial charge in [0.2, 0.25) is 5.91 Å². The first-order chi connectivity index (χ1) is 8.25. The summed E-state index contributed by atoms with van der Waals surface area (Å²) in [4.78, 5) is 14.4. The van der Waals surface area contributed by atoms with Crippen LogP contribution >= 0.6 is 0 Å². The number of amides is 1. The standard InChI is InChI=1S/C15H30N2O/c1-9(2)13(10(3)4)8-17-12(7)16-14(11(5)6)15(17)18/h9-14,16H,8H2,1-7H3. The molecular formula is C15H30N2O. The Morgan fingerprint density at radius 2 is 1.61 bits per heavy atom. The molecule has 1 heterocycles. The van der Waals surface area contributed by atoms with E-state index < -0.39 is 0 Å². The Kier molecular flexibility index (Phi) is 5.20. The van der Waals surface area contributed by atoms with Gasteiger partial charge in [-0.1, -0.05) is 41.5 Å². The molecule has 0 aromatic rings. The average Bonchev–Trinajstić information content (AvgIpc) is 2.50. The highest BCUT2D eigenvalue weighted by Crippen LogP contribution is 2.25. The number of nitrogens with one attached hydrogen (secondary N) is 1. The highest BCUT2D eigenvalue weighted by molar-refractivity contribution is 5.84. The number of hydrogen-bond donors (Lipinski definition) is 1. The maximum Gasteiger partial charge on any atom is 0.241 e. The van der Waals surface area contributed by atoms with Gasteiger partial charge in [0.15, 0.2) is 0 Å². The molecule has 3 nitrogen and oxygen atoms in total. The molecule has 0 saturated carbocycles. The summed E-state index contributed by atoms with van der Waals surface area (Å²) >= 11 is 0. The maximum absolute atomic E-state index is 12.4. The number of nitrogens with zero attached hydrogens (tertiary/aromatic N) is 1. The molecule has 0 aliphatic carbocycles. The Morgan fingerprint density at radius 1 is 1.11 bits per heavy atom. The summed E-state index contributed by atoms with van der Waals surface area (Å²) in [6.07, 6.45) is 0.171. The molecule has 1 fully saturated rings. The molecule has 2 unspecified atom stereocenters. The summed E-state index contributed by atoms with van der Waals surface area (Å²) in [5.41, 5.74) is 0. The molecule has 1 amide bonds. The summed E-state index contributed by atoms with van der Waals surface area (Å²) in [6.45, 7) is 16.2. The van der Waals surface area contributed by atoms with Crippen LogP contribution in [0, 0.1) is 23.7 Å². The van der Waals surface area contributed by atoms with Crippen LogP contribution in [0.15, 0.2) is 0 Å². The third-order valence-corrected chi connectivity index (χ3v) is 4.22. The van der Waals surface area contributed by atoms with Crippen LogP contribution in [0.3, 0.4) is 0 Å². The summed E-state index contributed by atoms with van der Waals surface area (Å²) in [6, 6.07) is -0.0000236. The topological polar surface area (TPSA) is 32.3 Å². The van der Waals surface area contributed by atoms with Crippen LogP contribution in [0.4, 0.5) is 0 Å². The van der Waals surface area contributed by atoms with Crippen LogP contribution in [0.1, 0.15) is 48.5 Å². The van der Waals surface area contributed by atoms with Crippen molar-refractivity contribution in [2.75, 3.05) is 6.54 Å². The zero-order chi connectivity index (χ0) is 14.0. The van der Waals surface area contributed by atoms with Gasteiger partial charge in [0.05, 0.1) is 12.2 Å². The van der Waals surface area contributed by atoms with Crippen molar-refractivity contribution in [3.8, 4) is 0 Å². The molecule has 2 atom stereocenters. The average molecular weight is 254 g/mol. The van der Waals surface area contributed by atoms with Gasteiger partial charge < -0.3 is 4.90 Å². The Hall–Kier alpha value is -0.570. The SMILES string of the molecule is CC(C)C1NC(C)N(CC(C(C)C)C(C)C)C1=O. The van der Waals surface area contributed by atoms with Gasteiger partial charge in [0, 0.05) is 6.54 Å². The van der Waals surface area contributed by atoms with Crippen LogP contribution in [-0.2, 0) is 4.79 Å².